The Morgan fingerprint density at radius 2 is 0.933 bits per heavy atom. The van der Waals surface area contributed by atoms with E-state index < -0.39 is 0 Å². The van der Waals surface area contributed by atoms with Crippen LogP contribution in [-0.2, 0) is 0 Å². The van der Waals surface area contributed by atoms with Gasteiger partial charge in [0.25, 0.3) is 0 Å². The van der Waals surface area contributed by atoms with E-state index in [0.717, 1.165) is 0 Å². The van der Waals surface area contributed by atoms with E-state index in [1.807, 2.05) is 11.3 Å². The van der Waals surface area contributed by atoms with Crippen LogP contribution in [0.4, 0.5) is 0 Å². The average Bonchev–Trinajstić information content (AvgIpc) is 3.63. The third-order valence-electron chi connectivity index (χ3n) is 9.14. The van der Waals surface area contributed by atoms with E-state index in [1.54, 1.807) is 0 Å². The largest absolute Gasteiger partial charge is 0.309 e. The van der Waals surface area contributed by atoms with Gasteiger partial charge in [-0.05, 0) is 64.2 Å². The summed E-state index contributed by atoms with van der Waals surface area (Å²) in [6.07, 6.45) is 0. The van der Waals surface area contributed by atoms with Crippen molar-refractivity contribution in [3.63, 3.8) is 0 Å². The van der Waals surface area contributed by atoms with Crippen LogP contribution in [0.15, 0.2) is 170 Å². The summed E-state index contributed by atoms with van der Waals surface area (Å²) in [5.41, 5.74) is 10.0. The molecule has 2 heteroatoms. The van der Waals surface area contributed by atoms with Crippen molar-refractivity contribution in [2.24, 2.45) is 0 Å². The molecule has 1 nitrogen and oxygen atoms in total. The monoisotopic (exact) mass is 591 g/mol. The highest BCUT2D eigenvalue weighted by atomic mass is 32.1. The van der Waals surface area contributed by atoms with E-state index in [0.29, 0.717) is 0 Å². The fourth-order valence-electron chi connectivity index (χ4n) is 7.00. The quantitative estimate of drug-likeness (QED) is 0.175. The fourth-order valence-corrected chi connectivity index (χ4v) is 8.13. The van der Waals surface area contributed by atoms with Gasteiger partial charge in [-0.1, -0.05) is 133 Å². The molecule has 2 aromatic heterocycles. The molecule has 0 spiro atoms. The minimum atomic E-state index is 0.200. The maximum atomic E-state index is 2.42. The number of thiophene rings is 1. The zero-order valence-electron chi connectivity index (χ0n) is 24.6. The van der Waals surface area contributed by atoms with Crippen LogP contribution in [0, 0.1) is 0 Å². The highest BCUT2D eigenvalue weighted by molar-refractivity contribution is 7.25. The molecule has 0 aliphatic heterocycles. The van der Waals surface area contributed by atoms with Crippen molar-refractivity contribution in [2.45, 2.75) is 5.92 Å². The first-order valence-corrected chi connectivity index (χ1v) is 16.3. The Balaban J connectivity index is 1.11. The number of hydrogen-bond donors (Lipinski definition) is 0. The molecule has 45 heavy (non-hydrogen) atoms. The van der Waals surface area contributed by atoms with Gasteiger partial charge in [-0.3, -0.25) is 0 Å². The number of nitrogens with zero attached hydrogens (tertiary/aromatic N) is 1. The maximum absolute atomic E-state index is 2.42. The molecule has 0 saturated heterocycles. The van der Waals surface area contributed by atoms with Crippen LogP contribution in [0.25, 0.3) is 58.8 Å². The van der Waals surface area contributed by atoms with Gasteiger partial charge >= 0.3 is 0 Å². The predicted molar refractivity (Wildman–Crippen MR) is 193 cm³/mol. The Kier molecular flexibility index (Phi) is 6.14. The molecule has 7 aromatic carbocycles. The maximum Gasteiger partial charge on any atom is 0.0555 e. The van der Waals surface area contributed by atoms with Crippen molar-refractivity contribution in [2.75, 3.05) is 0 Å². The molecule has 9 rings (SSSR count). The third kappa shape index (κ3) is 4.37. The van der Waals surface area contributed by atoms with Crippen LogP contribution in [0.3, 0.4) is 0 Å². The zero-order valence-corrected chi connectivity index (χ0v) is 25.4. The molecule has 0 fully saturated rings. The third-order valence-corrected chi connectivity index (χ3v) is 10.3. The molecule has 2 heterocycles. The second-order valence-electron chi connectivity index (χ2n) is 11.7. The van der Waals surface area contributed by atoms with Crippen LogP contribution in [0.1, 0.15) is 22.6 Å². The minimum Gasteiger partial charge on any atom is -0.309 e. The van der Waals surface area contributed by atoms with Crippen molar-refractivity contribution in [3.8, 4) is 16.8 Å². The van der Waals surface area contributed by atoms with E-state index in [4.69, 9.17) is 0 Å². The molecule has 0 N–H and O–H groups in total. The first-order chi connectivity index (χ1) is 22.3. The number of para-hydroxylation sites is 1. The van der Waals surface area contributed by atoms with Gasteiger partial charge in [-0.2, -0.15) is 0 Å². The topological polar surface area (TPSA) is 4.93 Å². The van der Waals surface area contributed by atoms with Gasteiger partial charge in [0.2, 0.25) is 0 Å². The molecular weight excluding hydrogens is 563 g/mol. The Morgan fingerprint density at radius 1 is 0.378 bits per heavy atom. The molecule has 0 aliphatic rings. The lowest BCUT2D eigenvalue weighted by atomic mass is 9.84. The predicted octanol–water partition coefficient (Wildman–Crippen LogP) is 12.0. The van der Waals surface area contributed by atoms with E-state index >= 15 is 0 Å². The Bertz CT molecular complexity index is 2410. The van der Waals surface area contributed by atoms with Gasteiger partial charge < -0.3 is 4.57 Å². The van der Waals surface area contributed by atoms with Gasteiger partial charge in [-0.15, -0.1) is 11.3 Å². The summed E-state index contributed by atoms with van der Waals surface area (Å²) in [5, 5.41) is 5.26. The lowest BCUT2D eigenvalue weighted by Gasteiger charge is -2.19. The van der Waals surface area contributed by atoms with Gasteiger partial charge in [0.05, 0.1) is 11.0 Å². The normalized spacial score (nSPS) is 11.8. The molecule has 9 aromatic rings. The van der Waals surface area contributed by atoms with Gasteiger partial charge in [0, 0.05) is 42.6 Å². The van der Waals surface area contributed by atoms with Crippen molar-refractivity contribution >= 4 is 53.3 Å². The Morgan fingerprint density at radius 3 is 1.62 bits per heavy atom. The minimum absolute atomic E-state index is 0.200. The lowest BCUT2D eigenvalue weighted by molar-refractivity contribution is 0.978. The van der Waals surface area contributed by atoms with Crippen LogP contribution in [0.5, 0.6) is 0 Å². The summed E-state index contributed by atoms with van der Waals surface area (Å²) in [7, 11) is 0. The van der Waals surface area contributed by atoms with Crippen LogP contribution >= 0.6 is 11.3 Å². The molecule has 0 atom stereocenters. The molecule has 0 saturated carbocycles. The molecule has 0 unspecified atom stereocenters. The first kappa shape index (κ1) is 26.0. The summed E-state index contributed by atoms with van der Waals surface area (Å²) >= 11 is 1.88. The van der Waals surface area contributed by atoms with Crippen molar-refractivity contribution < 1.29 is 0 Å². The van der Waals surface area contributed by atoms with E-state index in [1.165, 1.54) is 75.5 Å². The number of fused-ring (bicyclic) bond motifs is 6. The molecule has 0 bridgehead atoms. The fraction of sp³-hybridized carbons (Fsp3) is 0.0233. The molecule has 212 valence electrons. The standard InChI is InChI=1S/C43H29NS/c1-3-11-31(12-4-1)43(32-13-5-2-6-14-32)33-21-19-29(20-22-33)30-23-25-34(26-24-30)44-39-17-9-7-15-35(39)37-27-38-36-16-8-10-18-41(36)45-42(38)28-40(37)44/h1-28,43H. The Hall–Kier alpha value is -5.44. The summed E-state index contributed by atoms with van der Waals surface area (Å²) in [6.45, 7) is 0. The van der Waals surface area contributed by atoms with Crippen molar-refractivity contribution in [3.05, 3.63) is 187 Å². The SMILES string of the molecule is c1ccc(C(c2ccccc2)c2ccc(-c3ccc(-n4c5ccccc5c5cc6c(cc54)sc4ccccc46)cc3)cc2)cc1. The average molecular weight is 592 g/mol. The Labute approximate surface area is 266 Å². The number of aromatic nitrogens is 1. The van der Waals surface area contributed by atoms with Gasteiger partial charge in [0.15, 0.2) is 0 Å². The summed E-state index contributed by atoms with van der Waals surface area (Å²) < 4.78 is 5.09. The number of benzene rings is 7. The van der Waals surface area contributed by atoms with Crippen LogP contribution < -0.4 is 0 Å². The molecule has 0 radical (unpaired) electrons. The van der Waals surface area contributed by atoms with Crippen LogP contribution in [-0.4, -0.2) is 4.57 Å². The second-order valence-corrected chi connectivity index (χ2v) is 12.8. The van der Waals surface area contributed by atoms with E-state index in [9.17, 15) is 0 Å². The first-order valence-electron chi connectivity index (χ1n) is 15.5. The van der Waals surface area contributed by atoms with Gasteiger partial charge in [0.1, 0.15) is 0 Å². The van der Waals surface area contributed by atoms with Crippen molar-refractivity contribution in [1.82, 2.24) is 4.57 Å². The van der Waals surface area contributed by atoms with Gasteiger partial charge in [-0.25, -0.2) is 0 Å². The summed E-state index contributed by atoms with van der Waals surface area (Å²) in [4.78, 5) is 0. The van der Waals surface area contributed by atoms with Crippen molar-refractivity contribution in [1.29, 1.82) is 0 Å². The van der Waals surface area contributed by atoms with E-state index in [-0.39, 0.29) is 5.92 Å². The van der Waals surface area contributed by atoms with E-state index in [2.05, 4.69) is 174 Å². The lowest BCUT2D eigenvalue weighted by Crippen LogP contribution is -2.03. The summed E-state index contributed by atoms with van der Waals surface area (Å²) in [6, 6.07) is 62.1. The number of rotatable bonds is 5. The molecular formula is C43H29NS. The molecule has 0 aliphatic carbocycles. The summed E-state index contributed by atoms with van der Waals surface area (Å²) in [5.74, 6) is 0.200. The highest BCUT2D eigenvalue weighted by Crippen LogP contribution is 2.41. The highest BCUT2D eigenvalue weighted by Gasteiger charge is 2.18. The van der Waals surface area contributed by atoms with Crippen LogP contribution in [0.2, 0.25) is 0 Å². The number of hydrogen-bond acceptors (Lipinski definition) is 1. The second kappa shape index (κ2) is 10.6. The smallest absolute Gasteiger partial charge is 0.0555 e. The zero-order chi connectivity index (χ0) is 29.7. The molecule has 0 amide bonds.